The zero-order valence-corrected chi connectivity index (χ0v) is 56.6. The number of aromatic nitrogens is 7. The number of H-pyrrole nitrogens is 1. The van der Waals surface area contributed by atoms with Crippen LogP contribution in [0.1, 0.15) is 131 Å². The number of aliphatic hydroxyl groups is 1. The molecule has 3 aromatic heterocycles. The molecule has 5 amide bonds. The van der Waals surface area contributed by atoms with Gasteiger partial charge in [-0.1, -0.05) is 78.8 Å². The number of cyclic esters (lactones) is 1. The Morgan fingerprint density at radius 3 is 2.17 bits per heavy atom. The van der Waals surface area contributed by atoms with Crippen LogP contribution < -0.4 is 43.2 Å². The van der Waals surface area contributed by atoms with Gasteiger partial charge in [0.2, 0.25) is 17.8 Å². The van der Waals surface area contributed by atoms with E-state index in [9.17, 15) is 68.4 Å². The number of aliphatic hydroxyl groups excluding tert-OH is 1. The summed E-state index contributed by atoms with van der Waals surface area (Å²) in [6, 6.07) is 7.24. The Labute approximate surface area is 581 Å². The first-order chi connectivity index (χ1) is 48.3. The van der Waals surface area contributed by atoms with Crippen LogP contribution in [0.25, 0.3) is 16.9 Å². The lowest BCUT2D eigenvalue weighted by atomic mass is 9.87. The van der Waals surface area contributed by atoms with Crippen LogP contribution in [-0.2, 0) is 55.9 Å². The minimum Gasteiger partial charge on any atom is -0.480 e. The maximum absolute atomic E-state index is 13.3. The van der Waals surface area contributed by atoms with Gasteiger partial charge in [-0.25, -0.2) is 38.6 Å². The molecule has 5 aromatic rings. The second kappa shape index (κ2) is 38.2. The monoisotopic (exact) mass is 1390 g/mol. The number of amides is 5. The molecule has 2 aliphatic rings. The summed E-state index contributed by atoms with van der Waals surface area (Å²) in [6.45, 7) is 10.2. The van der Waals surface area contributed by atoms with Crippen LogP contribution in [0.15, 0.2) is 138 Å². The van der Waals surface area contributed by atoms with Gasteiger partial charge in [0.15, 0.2) is 11.2 Å². The number of ether oxygens (including phenoxy) is 3. The predicted octanol–water partition coefficient (Wildman–Crippen LogP) is 5.24. The third-order valence-corrected chi connectivity index (χ3v) is 16.4. The highest BCUT2D eigenvalue weighted by Gasteiger charge is 2.37. The zero-order valence-electron chi connectivity index (χ0n) is 56.6. The van der Waals surface area contributed by atoms with E-state index < -0.39 is 115 Å². The van der Waals surface area contributed by atoms with E-state index in [1.165, 1.54) is 29.1 Å². The number of nitrogen functional groups attached to an aromatic ring is 1. The Bertz CT molecular complexity index is 3990. The van der Waals surface area contributed by atoms with E-state index in [1.54, 1.807) is 48.7 Å². The fourth-order valence-corrected chi connectivity index (χ4v) is 10.9. The number of carbonyl (C=O) groups is 9. The highest BCUT2D eigenvalue weighted by atomic mass is 16.6. The number of aliphatic carboxylic acids is 3. The van der Waals surface area contributed by atoms with Crippen molar-refractivity contribution in [3.63, 3.8) is 0 Å². The third-order valence-electron chi connectivity index (χ3n) is 16.4. The average molecular weight is 1400 g/mol. The molecule has 1 saturated heterocycles. The first-order valence-corrected chi connectivity index (χ1v) is 33.0. The quantitative estimate of drug-likeness (QED) is 0.0105. The molecule has 31 heteroatoms. The van der Waals surface area contributed by atoms with Gasteiger partial charge < -0.3 is 72.3 Å². The van der Waals surface area contributed by atoms with E-state index in [2.05, 4.69) is 75.1 Å². The molecule has 31 nitrogen and oxygen atoms in total. The van der Waals surface area contributed by atoms with Gasteiger partial charge in [0.05, 0.1) is 67.0 Å². The van der Waals surface area contributed by atoms with Crippen molar-refractivity contribution < 1.29 is 77.8 Å². The molecule has 0 saturated carbocycles. The molecule has 2 aliphatic heterocycles. The summed E-state index contributed by atoms with van der Waals surface area (Å²) < 4.78 is 18.8. The highest BCUT2D eigenvalue weighted by molar-refractivity contribution is 5.97. The summed E-state index contributed by atoms with van der Waals surface area (Å²) in [4.78, 5) is 140. The van der Waals surface area contributed by atoms with Crippen molar-refractivity contribution in [2.75, 3.05) is 24.2 Å². The Balaban J connectivity index is 0.787. The number of aromatic amines is 1. The molecule has 538 valence electrons. The molecule has 0 aliphatic carbocycles. The molecule has 13 N–H and O–H groups in total. The number of hydrogen-bond acceptors (Lipinski definition) is 21. The number of esters is 1. The van der Waals surface area contributed by atoms with Crippen molar-refractivity contribution in [1.82, 2.24) is 61.5 Å². The van der Waals surface area contributed by atoms with Gasteiger partial charge in [-0.3, -0.25) is 29.0 Å². The summed E-state index contributed by atoms with van der Waals surface area (Å²) >= 11 is 0. The van der Waals surface area contributed by atoms with Crippen LogP contribution in [0.3, 0.4) is 0 Å². The van der Waals surface area contributed by atoms with E-state index in [0.29, 0.717) is 41.2 Å². The van der Waals surface area contributed by atoms with Crippen molar-refractivity contribution in [3.05, 3.63) is 166 Å². The largest absolute Gasteiger partial charge is 0.480 e. The van der Waals surface area contributed by atoms with E-state index in [0.717, 1.165) is 17.6 Å². The van der Waals surface area contributed by atoms with Crippen LogP contribution in [0.2, 0.25) is 0 Å². The van der Waals surface area contributed by atoms with Crippen molar-refractivity contribution in [1.29, 1.82) is 0 Å². The number of rotatable bonds is 36. The molecular weight excluding hydrogens is 1310 g/mol. The number of alkyl carbamates (subject to hydrolysis) is 1. The first kappa shape index (κ1) is 77.1. The number of carbonyl (C=O) groups excluding carboxylic acids is 6. The average Bonchev–Trinajstić information content (AvgIpc) is 1.47. The number of benzene rings is 2. The summed E-state index contributed by atoms with van der Waals surface area (Å²) in [5, 5.41) is 64.6. The van der Waals surface area contributed by atoms with Crippen molar-refractivity contribution >= 4 is 76.4 Å². The SMILES string of the molecule is C/C=C/[C@@H]1O[C@H]([C@@H](/C=C/C=C(\C)C[C@@H](C)/C=C(C)\C=C\[C@H]2CC=CC(=O)O2)NC(=O)OCCc2cn(-c3ccc(C(=O)NCCCC[C@H](NC(=O)CC[C@H](NC(=O)CC[C@H](NC(=O)c4ccc(NCc5cnc6nc(N)[nH]c(=O)c6n5)cc4)C(=O)O)C(=O)O)C(=O)O)cc3)nn2)C[C@@H](O)[C@@H]1C. The van der Waals surface area contributed by atoms with Crippen LogP contribution in [0.5, 0.6) is 0 Å². The van der Waals surface area contributed by atoms with Gasteiger partial charge in [-0.15, -0.1) is 5.10 Å². The Hall–Kier alpha value is -11.2. The maximum atomic E-state index is 13.3. The number of anilines is 2. The molecule has 1 fully saturated rings. The Morgan fingerprint density at radius 2 is 1.50 bits per heavy atom. The van der Waals surface area contributed by atoms with Gasteiger partial charge in [0.25, 0.3) is 17.4 Å². The van der Waals surface area contributed by atoms with Gasteiger partial charge in [0.1, 0.15) is 24.2 Å². The molecule has 0 bridgehead atoms. The first-order valence-electron chi connectivity index (χ1n) is 33.0. The number of nitrogens with two attached hydrogens (primary N) is 1. The summed E-state index contributed by atoms with van der Waals surface area (Å²) in [5.41, 5.74) is 9.64. The number of allylic oxidation sites excluding steroid dienone is 7. The number of hydrogen-bond donors (Lipinski definition) is 12. The molecule has 10 atom stereocenters. The summed E-state index contributed by atoms with van der Waals surface area (Å²) in [5.74, 6) is -7.61. The highest BCUT2D eigenvalue weighted by Crippen LogP contribution is 2.29. The van der Waals surface area contributed by atoms with Crippen LogP contribution in [0.4, 0.5) is 16.4 Å². The fraction of sp³-hybridized carbons (Fsp3) is 0.414. The number of carboxylic acids is 3. The van der Waals surface area contributed by atoms with Crippen molar-refractivity contribution in [3.8, 4) is 5.69 Å². The molecule has 7 rings (SSSR count). The minimum atomic E-state index is -1.61. The molecule has 101 heavy (non-hydrogen) atoms. The smallest absolute Gasteiger partial charge is 0.407 e. The maximum Gasteiger partial charge on any atom is 0.407 e. The van der Waals surface area contributed by atoms with Crippen LogP contribution >= 0.6 is 0 Å². The molecule has 5 heterocycles. The van der Waals surface area contributed by atoms with Gasteiger partial charge in [0, 0.05) is 67.5 Å². The predicted molar refractivity (Wildman–Crippen MR) is 369 cm³/mol. The normalized spacial score (nSPS) is 18.6. The number of fused-ring (bicyclic) bond motifs is 1. The Morgan fingerprint density at radius 1 is 0.832 bits per heavy atom. The van der Waals surface area contributed by atoms with E-state index in [1.807, 2.05) is 70.2 Å². The third kappa shape index (κ3) is 24.9. The van der Waals surface area contributed by atoms with Gasteiger partial charge in [-0.2, -0.15) is 4.98 Å². The number of nitrogens with one attached hydrogen (secondary N) is 7. The van der Waals surface area contributed by atoms with Gasteiger partial charge in [-0.05, 0) is 120 Å². The van der Waals surface area contributed by atoms with E-state index in [4.69, 9.17) is 19.9 Å². The lowest BCUT2D eigenvalue weighted by molar-refractivity contribution is -0.143. The molecular formula is C70H86N14O17. The molecule has 0 radical (unpaired) electrons. The number of carboxylic acid groups (broad SMARTS) is 3. The molecule has 0 spiro atoms. The fourth-order valence-electron chi connectivity index (χ4n) is 10.9. The topological polar surface area (TPSA) is 463 Å². The van der Waals surface area contributed by atoms with Gasteiger partial charge >= 0.3 is 30.0 Å². The lowest BCUT2D eigenvalue weighted by Crippen LogP contribution is -2.51. The number of unbranched alkanes of at least 4 members (excludes halogenated alkanes) is 1. The van der Waals surface area contributed by atoms with E-state index in [-0.39, 0.29) is 98.1 Å². The second-order valence-electron chi connectivity index (χ2n) is 24.6. The molecule has 0 unspecified atom stereocenters. The summed E-state index contributed by atoms with van der Waals surface area (Å²) in [6.07, 6.45) is 19.7. The van der Waals surface area contributed by atoms with Crippen molar-refractivity contribution in [2.45, 2.75) is 160 Å². The lowest BCUT2D eigenvalue weighted by Gasteiger charge is -2.39. The van der Waals surface area contributed by atoms with Crippen LogP contribution in [-0.4, -0.2) is 171 Å². The number of nitrogens with zero attached hydrogens (tertiary/aromatic N) is 6. The standard InChI is InChI=1S/C70H86N14O17/c1-6-11-56-43(5)55(85)36-57(101-56)51(15-9-12-40(2)34-42(4)35-41(3)17-26-50-13-10-16-60(88)100-50)79-70(98)99-33-31-47-39-84(83-82-47)49-24-20-44(21-25-49)63(89)72-32-8-7-14-52(66(92)93)76-58(86)29-27-53(67(94)95)77-59(87)30-28-54(68(96)97)78-64(90)45-18-22-46(23-19-45)73-37-48-38-74-62-61(75-48)65(91)81-69(71)80-62/h6,9-12,15-26,35,38-39,42-43,50-57,73,85H,7-8,13-14,27-34,36-37H2,1-5H3,(H,72,89)(H,76,86)(H,77,87)(H,78,90)(H,79,98)(H,92,93)(H,94,95)(H,96,97)(H3,71,74,80,81,91)/b11-6+,15-9+,26-17+,40-12+,41-35-/t42-,43+,50-,51-,52+,53+,54+,55-,56+,57+/m1/s1. The summed E-state index contributed by atoms with van der Waals surface area (Å²) in [7, 11) is 0. The van der Waals surface area contributed by atoms with Crippen molar-refractivity contribution in [2.24, 2.45) is 11.8 Å². The zero-order chi connectivity index (χ0) is 73.1. The van der Waals surface area contributed by atoms with E-state index >= 15 is 0 Å². The minimum absolute atomic E-state index is 0.00610. The van der Waals surface area contributed by atoms with Crippen LogP contribution in [0, 0.1) is 11.8 Å². The Kier molecular flexibility index (Phi) is 29.2. The molecule has 2 aromatic carbocycles. The second-order valence-corrected chi connectivity index (χ2v) is 24.6.